The first-order valence-corrected chi connectivity index (χ1v) is 8.42. The van der Waals surface area contributed by atoms with Crippen molar-refractivity contribution in [3.05, 3.63) is 42.7 Å². The molecule has 0 radical (unpaired) electrons. The standard InChI is InChI=1S/C18H23N5O2/c1-25-12-7-19-18(24)23-10-8-22(9-11-23)17-13-16(20-14-21-17)15-5-3-2-4-6-15/h2-6,13-14H,7-12H2,1H3,(H,19,24). The lowest BCUT2D eigenvalue weighted by Crippen LogP contribution is -2.52. The number of amides is 2. The average Bonchev–Trinajstić information content (AvgIpc) is 2.69. The maximum atomic E-state index is 12.1. The van der Waals surface area contributed by atoms with Crippen LogP contribution in [0.5, 0.6) is 0 Å². The Morgan fingerprint density at radius 2 is 1.92 bits per heavy atom. The smallest absolute Gasteiger partial charge is 0.317 e. The van der Waals surface area contributed by atoms with Crippen LogP contribution in [0.2, 0.25) is 0 Å². The minimum atomic E-state index is -0.0376. The van der Waals surface area contributed by atoms with Gasteiger partial charge in [-0.1, -0.05) is 30.3 Å². The summed E-state index contributed by atoms with van der Waals surface area (Å²) in [4.78, 5) is 24.8. The molecular weight excluding hydrogens is 318 g/mol. The Bertz CT molecular complexity index is 687. The minimum Gasteiger partial charge on any atom is -0.383 e. The van der Waals surface area contributed by atoms with E-state index in [0.29, 0.717) is 26.2 Å². The highest BCUT2D eigenvalue weighted by Gasteiger charge is 2.21. The van der Waals surface area contributed by atoms with Crippen LogP contribution >= 0.6 is 0 Å². The second-order valence-corrected chi connectivity index (χ2v) is 5.83. The molecule has 0 spiro atoms. The number of piperazine rings is 1. The molecule has 1 N–H and O–H groups in total. The van der Waals surface area contributed by atoms with Crippen molar-refractivity contribution in [2.45, 2.75) is 0 Å². The molecule has 0 bridgehead atoms. The monoisotopic (exact) mass is 341 g/mol. The number of carbonyl (C=O) groups excluding carboxylic acids is 1. The van der Waals surface area contributed by atoms with Crippen molar-refractivity contribution in [3.63, 3.8) is 0 Å². The second-order valence-electron chi connectivity index (χ2n) is 5.83. The van der Waals surface area contributed by atoms with Gasteiger partial charge < -0.3 is 19.9 Å². The SMILES string of the molecule is COCCNC(=O)N1CCN(c2cc(-c3ccccc3)ncn2)CC1. The van der Waals surface area contributed by atoms with E-state index in [9.17, 15) is 4.79 Å². The van der Waals surface area contributed by atoms with E-state index in [1.807, 2.05) is 41.3 Å². The molecule has 1 saturated heterocycles. The zero-order valence-electron chi connectivity index (χ0n) is 14.4. The predicted molar refractivity (Wildman–Crippen MR) is 96.5 cm³/mol. The van der Waals surface area contributed by atoms with Gasteiger partial charge in [0.25, 0.3) is 0 Å². The first-order chi connectivity index (χ1) is 12.3. The lowest BCUT2D eigenvalue weighted by Gasteiger charge is -2.35. The molecule has 2 aromatic rings. The van der Waals surface area contributed by atoms with Gasteiger partial charge in [-0.3, -0.25) is 0 Å². The number of rotatable bonds is 5. The highest BCUT2D eigenvalue weighted by Crippen LogP contribution is 2.21. The lowest BCUT2D eigenvalue weighted by atomic mass is 10.1. The van der Waals surface area contributed by atoms with Crippen LogP contribution in [0.4, 0.5) is 10.6 Å². The Morgan fingerprint density at radius 1 is 1.16 bits per heavy atom. The van der Waals surface area contributed by atoms with Crippen LogP contribution in [-0.2, 0) is 4.74 Å². The minimum absolute atomic E-state index is 0.0376. The molecule has 0 atom stereocenters. The van der Waals surface area contributed by atoms with E-state index in [1.165, 1.54) is 0 Å². The van der Waals surface area contributed by atoms with Gasteiger partial charge in [-0.15, -0.1) is 0 Å². The van der Waals surface area contributed by atoms with Crippen molar-refractivity contribution in [1.82, 2.24) is 20.2 Å². The number of nitrogens with one attached hydrogen (secondary N) is 1. The molecule has 1 aromatic heterocycles. The van der Waals surface area contributed by atoms with Crippen LogP contribution < -0.4 is 10.2 Å². The summed E-state index contributed by atoms with van der Waals surface area (Å²) in [5.41, 5.74) is 1.98. The summed E-state index contributed by atoms with van der Waals surface area (Å²) in [6.45, 7) is 3.90. The Balaban J connectivity index is 1.59. The summed E-state index contributed by atoms with van der Waals surface area (Å²) in [7, 11) is 1.62. The normalized spacial score (nSPS) is 14.4. The Kier molecular flexibility index (Phi) is 5.79. The molecule has 132 valence electrons. The van der Waals surface area contributed by atoms with Crippen LogP contribution in [0, 0.1) is 0 Å². The van der Waals surface area contributed by atoms with Gasteiger partial charge in [-0.05, 0) is 0 Å². The highest BCUT2D eigenvalue weighted by molar-refractivity contribution is 5.74. The number of nitrogens with zero attached hydrogens (tertiary/aromatic N) is 4. The largest absolute Gasteiger partial charge is 0.383 e. The van der Waals surface area contributed by atoms with Crippen molar-refractivity contribution in [1.29, 1.82) is 0 Å². The number of carbonyl (C=O) groups is 1. The summed E-state index contributed by atoms with van der Waals surface area (Å²) in [6.07, 6.45) is 1.60. The van der Waals surface area contributed by atoms with Crippen molar-refractivity contribution in [2.75, 3.05) is 51.3 Å². The third kappa shape index (κ3) is 4.45. The fourth-order valence-electron chi connectivity index (χ4n) is 2.80. The molecule has 0 saturated carbocycles. The van der Waals surface area contributed by atoms with Gasteiger partial charge in [-0.25, -0.2) is 14.8 Å². The molecule has 7 heteroatoms. The van der Waals surface area contributed by atoms with Crippen LogP contribution in [-0.4, -0.2) is 67.3 Å². The van der Waals surface area contributed by atoms with Gasteiger partial charge in [0, 0.05) is 51.5 Å². The van der Waals surface area contributed by atoms with Crippen molar-refractivity contribution in [2.24, 2.45) is 0 Å². The van der Waals surface area contributed by atoms with Gasteiger partial charge in [-0.2, -0.15) is 0 Å². The lowest BCUT2D eigenvalue weighted by molar-refractivity contribution is 0.177. The van der Waals surface area contributed by atoms with Crippen molar-refractivity contribution in [3.8, 4) is 11.3 Å². The fraction of sp³-hybridized carbons (Fsp3) is 0.389. The summed E-state index contributed by atoms with van der Waals surface area (Å²) in [5.74, 6) is 0.897. The molecule has 1 aliphatic heterocycles. The third-order valence-corrected chi connectivity index (χ3v) is 4.20. The predicted octanol–water partition coefficient (Wildman–Crippen LogP) is 1.62. The van der Waals surface area contributed by atoms with E-state index >= 15 is 0 Å². The molecule has 0 unspecified atom stereocenters. The van der Waals surface area contributed by atoms with Gasteiger partial charge in [0.1, 0.15) is 12.1 Å². The van der Waals surface area contributed by atoms with E-state index in [-0.39, 0.29) is 6.03 Å². The number of benzene rings is 1. The Labute approximate surface area is 147 Å². The maximum Gasteiger partial charge on any atom is 0.317 e. The molecule has 2 amide bonds. The molecule has 7 nitrogen and oxygen atoms in total. The highest BCUT2D eigenvalue weighted by atomic mass is 16.5. The number of aromatic nitrogens is 2. The number of urea groups is 1. The first kappa shape index (κ1) is 17.2. The molecule has 2 heterocycles. The number of hydrogen-bond donors (Lipinski definition) is 1. The molecule has 25 heavy (non-hydrogen) atoms. The fourth-order valence-corrected chi connectivity index (χ4v) is 2.80. The zero-order valence-corrected chi connectivity index (χ0v) is 14.4. The van der Waals surface area contributed by atoms with E-state index in [0.717, 1.165) is 30.2 Å². The number of hydrogen-bond acceptors (Lipinski definition) is 5. The van der Waals surface area contributed by atoms with Gasteiger partial charge >= 0.3 is 6.03 Å². The number of methoxy groups -OCH3 is 1. The summed E-state index contributed by atoms with van der Waals surface area (Å²) >= 11 is 0. The first-order valence-electron chi connectivity index (χ1n) is 8.42. The van der Waals surface area contributed by atoms with E-state index < -0.39 is 0 Å². The summed E-state index contributed by atoms with van der Waals surface area (Å²) in [6, 6.07) is 12.0. The van der Waals surface area contributed by atoms with Gasteiger partial charge in [0.2, 0.25) is 0 Å². The maximum absolute atomic E-state index is 12.1. The third-order valence-electron chi connectivity index (χ3n) is 4.20. The van der Waals surface area contributed by atoms with Crippen molar-refractivity contribution >= 4 is 11.8 Å². The molecule has 3 rings (SSSR count). The summed E-state index contributed by atoms with van der Waals surface area (Å²) in [5, 5.41) is 2.86. The van der Waals surface area contributed by atoms with E-state index in [1.54, 1.807) is 13.4 Å². The average molecular weight is 341 g/mol. The molecule has 0 aliphatic carbocycles. The van der Waals surface area contributed by atoms with Crippen LogP contribution in [0.1, 0.15) is 0 Å². The van der Waals surface area contributed by atoms with E-state index in [4.69, 9.17) is 4.74 Å². The van der Waals surface area contributed by atoms with Crippen LogP contribution in [0.3, 0.4) is 0 Å². The van der Waals surface area contributed by atoms with Crippen LogP contribution in [0.25, 0.3) is 11.3 Å². The topological polar surface area (TPSA) is 70.6 Å². The van der Waals surface area contributed by atoms with E-state index in [2.05, 4.69) is 20.2 Å². The quantitative estimate of drug-likeness (QED) is 0.837. The molecular formula is C18H23N5O2. The molecule has 1 aliphatic rings. The van der Waals surface area contributed by atoms with Gasteiger partial charge in [0.05, 0.1) is 12.3 Å². The Morgan fingerprint density at radius 3 is 2.64 bits per heavy atom. The second kappa shape index (κ2) is 8.43. The van der Waals surface area contributed by atoms with Crippen LogP contribution in [0.15, 0.2) is 42.7 Å². The molecule has 1 aromatic carbocycles. The Hall–Kier alpha value is -2.67. The summed E-state index contributed by atoms with van der Waals surface area (Å²) < 4.78 is 4.95. The zero-order chi connectivity index (χ0) is 17.5. The number of anilines is 1. The number of ether oxygens (including phenoxy) is 1. The van der Waals surface area contributed by atoms with Crippen molar-refractivity contribution < 1.29 is 9.53 Å². The van der Waals surface area contributed by atoms with Gasteiger partial charge in [0.15, 0.2) is 0 Å². The molecule has 1 fully saturated rings.